The fourth-order valence-corrected chi connectivity index (χ4v) is 8.30. The Morgan fingerprint density at radius 2 is 0.500 bits per heavy atom. The molecule has 458 valence electrons. The lowest BCUT2D eigenvalue weighted by Crippen LogP contribution is -2.30. The van der Waals surface area contributed by atoms with Crippen LogP contribution < -0.4 is 0 Å². The van der Waals surface area contributed by atoms with Gasteiger partial charge in [0.15, 0.2) is 6.10 Å². The maximum atomic E-state index is 12.9. The summed E-state index contributed by atoms with van der Waals surface area (Å²) in [5.74, 6) is -1.04. The average molecular weight is 1130 g/mol. The van der Waals surface area contributed by atoms with Crippen LogP contribution in [0.2, 0.25) is 0 Å². The number of hydrogen-bond donors (Lipinski definition) is 0. The first-order chi connectivity index (χ1) is 40.5. The molecule has 6 nitrogen and oxygen atoms in total. The van der Waals surface area contributed by atoms with Crippen LogP contribution in [0.15, 0.2) is 182 Å². The molecule has 6 heteroatoms. The molecule has 0 aromatic rings. The molecule has 1 atom stereocenters. The van der Waals surface area contributed by atoms with E-state index in [1.165, 1.54) is 51.4 Å². The Balaban J connectivity index is 4.35. The molecule has 0 bridgehead atoms. The highest BCUT2D eigenvalue weighted by molar-refractivity contribution is 5.71. The first kappa shape index (κ1) is 76.5. The zero-order valence-electron chi connectivity index (χ0n) is 52.4. The molecule has 0 radical (unpaired) electrons. The third-order valence-electron chi connectivity index (χ3n) is 13.1. The third-order valence-corrected chi connectivity index (χ3v) is 13.1. The number of carbonyl (C=O) groups excluding carboxylic acids is 3. The van der Waals surface area contributed by atoms with Gasteiger partial charge in [-0.05, 0) is 148 Å². The summed E-state index contributed by atoms with van der Waals surface area (Å²) in [6.45, 7) is 6.29. The number of carbonyl (C=O) groups is 3. The van der Waals surface area contributed by atoms with E-state index in [1.807, 2.05) is 12.2 Å². The summed E-state index contributed by atoms with van der Waals surface area (Å²) in [5, 5.41) is 0. The number of ether oxygens (including phenoxy) is 3. The number of hydrogen-bond acceptors (Lipinski definition) is 6. The normalized spacial score (nSPS) is 13.4. The maximum Gasteiger partial charge on any atom is 0.306 e. The topological polar surface area (TPSA) is 78.9 Å². The quantitative estimate of drug-likeness (QED) is 0.0261. The van der Waals surface area contributed by atoms with E-state index in [-0.39, 0.29) is 44.0 Å². The molecule has 1 unspecified atom stereocenters. The van der Waals surface area contributed by atoms with Gasteiger partial charge in [0.25, 0.3) is 0 Å². The number of unbranched alkanes of at least 4 members (excludes halogenated alkanes) is 16. The first-order valence-corrected chi connectivity index (χ1v) is 32.8. The molecular weight excluding hydrogens is 1010 g/mol. The predicted octanol–water partition coefficient (Wildman–Crippen LogP) is 22.8. The fraction of sp³-hybridized carbons (Fsp3) is 0.566. The van der Waals surface area contributed by atoms with Crippen molar-refractivity contribution in [3.63, 3.8) is 0 Å². The minimum absolute atomic E-state index is 0.120. The van der Waals surface area contributed by atoms with Crippen LogP contribution >= 0.6 is 0 Å². The minimum atomic E-state index is -0.829. The van der Waals surface area contributed by atoms with E-state index >= 15 is 0 Å². The molecule has 0 aromatic heterocycles. The minimum Gasteiger partial charge on any atom is -0.462 e. The second-order valence-corrected chi connectivity index (χ2v) is 20.9. The van der Waals surface area contributed by atoms with Crippen LogP contribution in [0.5, 0.6) is 0 Å². The summed E-state index contributed by atoms with van der Waals surface area (Å²) in [7, 11) is 0. The van der Waals surface area contributed by atoms with E-state index in [1.54, 1.807) is 0 Å². The van der Waals surface area contributed by atoms with Crippen LogP contribution in [0.4, 0.5) is 0 Å². The molecule has 0 amide bonds. The summed E-state index contributed by atoms with van der Waals surface area (Å²) in [5.41, 5.74) is 0. The Kier molecular flexibility index (Phi) is 63.5. The van der Waals surface area contributed by atoms with Crippen molar-refractivity contribution in [2.75, 3.05) is 13.2 Å². The third kappa shape index (κ3) is 65.3. The Labute approximate surface area is 504 Å². The van der Waals surface area contributed by atoms with Gasteiger partial charge in [0, 0.05) is 19.3 Å². The lowest BCUT2D eigenvalue weighted by Gasteiger charge is -2.18. The number of rotatable bonds is 57. The summed E-state index contributed by atoms with van der Waals surface area (Å²) < 4.78 is 16.8. The molecule has 0 heterocycles. The van der Waals surface area contributed by atoms with Gasteiger partial charge in [-0.25, -0.2) is 0 Å². The monoisotopic (exact) mass is 1130 g/mol. The van der Waals surface area contributed by atoms with Gasteiger partial charge in [0.1, 0.15) is 13.2 Å². The van der Waals surface area contributed by atoms with Gasteiger partial charge < -0.3 is 14.2 Å². The molecule has 0 aliphatic rings. The predicted molar refractivity (Wildman–Crippen MR) is 357 cm³/mol. The van der Waals surface area contributed by atoms with Crippen LogP contribution in [0.1, 0.15) is 258 Å². The van der Waals surface area contributed by atoms with Crippen molar-refractivity contribution < 1.29 is 28.6 Å². The van der Waals surface area contributed by atoms with Gasteiger partial charge >= 0.3 is 17.9 Å². The lowest BCUT2D eigenvalue weighted by molar-refractivity contribution is -0.166. The SMILES string of the molecule is CC/C=C\C/C=C\C/C=C\C/C=C\C/C=C\C/C=C\C/C=C\C/C=C\C/C=C\CCCCCCCCCC(=O)OCC(COC(=O)CC/C=C\C/C=C\C/C=C\C/C=C\CC)OC(=O)CCCCCCC/C=C\C/C=C\CCCCCC. The van der Waals surface area contributed by atoms with Gasteiger partial charge in [-0.15, -0.1) is 0 Å². The highest BCUT2D eigenvalue weighted by Gasteiger charge is 2.19. The summed E-state index contributed by atoms with van der Waals surface area (Å²) in [6.07, 6.45) is 102. The molecule has 0 saturated carbocycles. The maximum absolute atomic E-state index is 12.9. The Morgan fingerprint density at radius 3 is 0.817 bits per heavy atom. The molecule has 0 aliphatic carbocycles. The molecule has 0 aliphatic heterocycles. The summed E-state index contributed by atoms with van der Waals surface area (Å²) >= 11 is 0. The number of esters is 3. The van der Waals surface area contributed by atoms with Gasteiger partial charge in [0.05, 0.1) is 0 Å². The van der Waals surface area contributed by atoms with E-state index in [4.69, 9.17) is 14.2 Å². The molecule has 0 rings (SSSR count). The van der Waals surface area contributed by atoms with Crippen molar-refractivity contribution in [1.29, 1.82) is 0 Å². The molecule has 0 aromatic carbocycles. The van der Waals surface area contributed by atoms with Crippen molar-refractivity contribution >= 4 is 17.9 Å². The van der Waals surface area contributed by atoms with E-state index < -0.39 is 6.10 Å². The van der Waals surface area contributed by atoms with Crippen LogP contribution in [-0.4, -0.2) is 37.2 Å². The van der Waals surface area contributed by atoms with Gasteiger partial charge in [-0.1, -0.05) is 274 Å². The van der Waals surface area contributed by atoms with E-state index in [0.717, 1.165) is 161 Å². The lowest BCUT2D eigenvalue weighted by atomic mass is 10.1. The molecule has 0 spiro atoms. The van der Waals surface area contributed by atoms with Crippen LogP contribution in [0.3, 0.4) is 0 Å². The van der Waals surface area contributed by atoms with Crippen LogP contribution in [-0.2, 0) is 28.6 Å². The highest BCUT2D eigenvalue weighted by Crippen LogP contribution is 2.13. The van der Waals surface area contributed by atoms with Crippen LogP contribution in [0, 0.1) is 0 Å². The standard InChI is InChI=1S/C76H118O6/c1-4-7-10-13-16-19-22-25-27-29-30-31-32-33-34-35-36-37-38-39-40-41-42-43-44-45-46-47-49-51-54-57-60-63-66-69-75(78)81-72-73(71-80-74(77)68-65-62-59-56-53-50-24-21-18-15-12-9-6-3)82-76(79)70-67-64-61-58-55-52-48-28-26-23-20-17-14-11-8-5-2/h7,9-10,12,16,18-21,23,25,27-28,30-31,33-34,36-37,39-40,42-43,45-46,48,50,53,59,62,73H,4-6,8,11,13-15,17,22,24,26,29,32,35,38,41,44,47,49,51-52,54-58,60-61,63-72H2,1-3H3/b10-7-,12-9-,19-16-,21-18-,23-20-,27-25-,31-30-,34-33-,37-36-,40-39-,43-42-,46-45-,48-28-,53-50-,62-59-. The second kappa shape index (κ2) is 68.0. The summed E-state index contributed by atoms with van der Waals surface area (Å²) in [4.78, 5) is 38.2. The molecule has 0 saturated heterocycles. The second-order valence-electron chi connectivity index (χ2n) is 20.9. The fourth-order valence-electron chi connectivity index (χ4n) is 8.30. The number of allylic oxidation sites excluding steroid dienone is 30. The van der Waals surface area contributed by atoms with Crippen molar-refractivity contribution in [3.8, 4) is 0 Å². The summed E-state index contributed by atoms with van der Waals surface area (Å²) in [6, 6.07) is 0. The Morgan fingerprint density at radius 1 is 0.256 bits per heavy atom. The Hall–Kier alpha value is -5.49. The Bertz CT molecular complexity index is 1920. The largest absolute Gasteiger partial charge is 0.462 e. The van der Waals surface area contributed by atoms with Crippen LogP contribution in [0.25, 0.3) is 0 Å². The average Bonchev–Trinajstić information content (AvgIpc) is 3.47. The zero-order chi connectivity index (χ0) is 59.2. The van der Waals surface area contributed by atoms with Gasteiger partial charge in [-0.3, -0.25) is 14.4 Å². The van der Waals surface area contributed by atoms with Crippen molar-refractivity contribution in [1.82, 2.24) is 0 Å². The van der Waals surface area contributed by atoms with Gasteiger partial charge in [-0.2, -0.15) is 0 Å². The first-order valence-electron chi connectivity index (χ1n) is 32.8. The van der Waals surface area contributed by atoms with Crippen molar-refractivity contribution in [2.45, 2.75) is 264 Å². The molecule has 82 heavy (non-hydrogen) atoms. The highest BCUT2D eigenvalue weighted by atomic mass is 16.6. The molecular formula is C76H118O6. The van der Waals surface area contributed by atoms with E-state index in [9.17, 15) is 14.4 Å². The van der Waals surface area contributed by atoms with Gasteiger partial charge in [0.2, 0.25) is 0 Å². The molecule has 0 N–H and O–H groups in total. The molecule has 0 fully saturated rings. The van der Waals surface area contributed by atoms with Crippen molar-refractivity contribution in [2.24, 2.45) is 0 Å². The smallest absolute Gasteiger partial charge is 0.306 e. The van der Waals surface area contributed by atoms with E-state index in [0.29, 0.717) is 12.8 Å². The van der Waals surface area contributed by atoms with Crippen molar-refractivity contribution in [3.05, 3.63) is 182 Å². The van der Waals surface area contributed by atoms with E-state index in [2.05, 4.69) is 191 Å². The zero-order valence-corrected chi connectivity index (χ0v) is 52.4.